The number of phenolic OH excluding ortho intramolecular Hbond substituents is 1. The van der Waals surface area contributed by atoms with Crippen molar-refractivity contribution in [1.29, 1.82) is 0 Å². The molecular weight excluding hydrogens is 223 g/mol. The molecule has 3 nitrogen and oxygen atoms in total. The standard InChI is InChI=1S/C10H8F3NO2/c11-10(12,13)7-4-9(16)14-8-3-5(15)1-2-6(7)8/h1-3,7,15H,4H2,(H,14,16). The minimum Gasteiger partial charge on any atom is -0.508 e. The van der Waals surface area contributed by atoms with Gasteiger partial charge in [0.25, 0.3) is 0 Å². The summed E-state index contributed by atoms with van der Waals surface area (Å²) < 4.78 is 38.0. The van der Waals surface area contributed by atoms with E-state index in [9.17, 15) is 18.0 Å². The Balaban J connectivity index is 2.50. The lowest BCUT2D eigenvalue weighted by molar-refractivity contribution is -0.156. The predicted molar refractivity (Wildman–Crippen MR) is 50.1 cm³/mol. The number of hydrogen-bond donors (Lipinski definition) is 2. The van der Waals surface area contributed by atoms with Gasteiger partial charge in [0.2, 0.25) is 5.91 Å². The number of hydrogen-bond acceptors (Lipinski definition) is 2. The minimum absolute atomic E-state index is 0.00935. The average Bonchev–Trinajstić information content (AvgIpc) is 2.14. The second-order valence-electron chi connectivity index (χ2n) is 3.62. The third-order valence-corrected chi connectivity index (χ3v) is 2.47. The molecule has 0 bridgehead atoms. The lowest BCUT2D eigenvalue weighted by Gasteiger charge is -2.27. The Hall–Kier alpha value is -1.72. The summed E-state index contributed by atoms with van der Waals surface area (Å²) in [4.78, 5) is 11.1. The molecule has 1 amide bonds. The fourth-order valence-corrected chi connectivity index (χ4v) is 1.75. The van der Waals surface area contributed by atoms with Crippen LogP contribution in [-0.2, 0) is 4.79 Å². The molecule has 1 aromatic rings. The maximum absolute atomic E-state index is 12.7. The van der Waals surface area contributed by atoms with Gasteiger partial charge in [0.05, 0.1) is 5.92 Å². The van der Waals surface area contributed by atoms with Crippen molar-refractivity contribution in [2.24, 2.45) is 0 Å². The molecule has 1 heterocycles. The molecule has 0 aliphatic carbocycles. The molecular formula is C10H8F3NO2. The van der Waals surface area contributed by atoms with Crippen molar-refractivity contribution in [3.05, 3.63) is 23.8 Å². The van der Waals surface area contributed by atoms with Crippen molar-refractivity contribution in [3.63, 3.8) is 0 Å². The normalized spacial score (nSPS) is 20.2. The Bertz CT molecular complexity index is 442. The Kier molecular flexibility index (Phi) is 2.29. The van der Waals surface area contributed by atoms with E-state index in [2.05, 4.69) is 5.32 Å². The van der Waals surface area contributed by atoms with Gasteiger partial charge in [0.15, 0.2) is 0 Å². The molecule has 6 heteroatoms. The first-order valence-corrected chi connectivity index (χ1v) is 4.57. The van der Waals surface area contributed by atoms with Crippen molar-refractivity contribution in [3.8, 4) is 5.75 Å². The minimum atomic E-state index is -4.45. The summed E-state index contributed by atoms with van der Waals surface area (Å²) in [7, 11) is 0. The lowest BCUT2D eigenvalue weighted by Crippen LogP contribution is -2.31. The van der Waals surface area contributed by atoms with E-state index in [1.54, 1.807) is 0 Å². The molecule has 1 atom stereocenters. The largest absolute Gasteiger partial charge is 0.508 e. The Morgan fingerprint density at radius 2 is 2.06 bits per heavy atom. The number of benzene rings is 1. The first-order chi connectivity index (χ1) is 7.38. The SMILES string of the molecule is O=C1CC(C(F)(F)F)c2ccc(O)cc2N1. The molecule has 2 N–H and O–H groups in total. The molecule has 2 rings (SSSR count). The van der Waals surface area contributed by atoms with Gasteiger partial charge < -0.3 is 10.4 Å². The monoisotopic (exact) mass is 231 g/mol. The molecule has 1 aliphatic rings. The summed E-state index contributed by atoms with van der Waals surface area (Å²) >= 11 is 0. The maximum Gasteiger partial charge on any atom is 0.396 e. The fraction of sp³-hybridized carbons (Fsp3) is 0.300. The maximum atomic E-state index is 12.7. The van der Waals surface area contributed by atoms with E-state index in [-0.39, 0.29) is 17.0 Å². The number of carbonyl (C=O) groups excluding carboxylic acids is 1. The number of anilines is 1. The highest BCUT2D eigenvalue weighted by molar-refractivity contribution is 5.95. The third kappa shape index (κ3) is 1.82. The third-order valence-electron chi connectivity index (χ3n) is 2.47. The van der Waals surface area contributed by atoms with Gasteiger partial charge in [-0.05, 0) is 11.6 Å². The van der Waals surface area contributed by atoms with Gasteiger partial charge in [0.1, 0.15) is 5.75 Å². The van der Waals surface area contributed by atoms with Gasteiger partial charge in [0, 0.05) is 18.2 Å². The highest BCUT2D eigenvalue weighted by Gasteiger charge is 2.45. The zero-order valence-electron chi connectivity index (χ0n) is 8.01. The summed E-state index contributed by atoms with van der Waals surface area (Å²) in [6.45, 7) is 0. The van der Waals surface area contributed by atoms with E-state index in [1.165, 1.54) is 12.1 Å². The quantitative estimate of drug-likeness (QED) is 0.720. The molecule has 0 aromatic heterocycles. The zero-order chi connectivity index (χ0) is 11.9. The topological polar surface area (TPSA) is 49.3 Å². The highest BCUT2D eigenvalue weighted by atomic mass is 19.4. The zero-order valence-corrected chi connectivity index (χ0v) is 8.01. The molecule has 86 valence electrons. The fourth-order valence-electron chi connectivity index (χ4n) is 1.75. The van der Waals surface area contributed by atoms with Crippen LogP contribution in [0.4, 0.5) is 18.9 Å². The van der Waals surface area contributed by atoms with Crippen LogP contribution in [0.1, 0.15) is 17.9 Å². The van der Waals surface area contributed by atoms with E-state index in [1.807, 2.05) is 0 Å². The van der Waals surface area contributed by atoms with Crippen molar-refractivity contribution in [1.82, 2.24) is 0 Å². The Labute approximate surface area is 88.9 Å². The Morgan fingerprint density at radius 1 is 1.38 bits per heavy atom. The van der Waals surface area contributed by atoms with Crippen LogP contribution in [0.2, 0.25) is 0 Å². The van der Waals surface area contributed by atoms with Crippen molar-refractivity contribution in [2.75, 3.05) is 5.32 Å². The number of carbonyl (C=O) groups is 1. The highest BCUT2D eigenvalue weighted by Crippen LogP contribution is 2.43. The van der Waals surface area contributed by atoms with Gasteiger partial charge >= 0.3 is 6.18 Å². The smallest absolute Gasteiger partial charge is 0.396 e. The van der Waals surface area contributed by atoms with Crippen LogP contribution in [0.3, 0.4) is 0 Å². The number of fused-ring (bicyclic) bond motifs is 1. The van der Waals surface area contributed by atoms with Crippen molar-refractivity contribution >= 4 is 11.6 Å². The number of amides is 1. The van der Waals surface area contributed by atoms with Crippen LogP contribution < -0.4 is 5.32 Å². The molecule has 1 aliphatic heterocycles. The van der Waals surface area contributed by atoms with Crippen molar-refractivity contribution < 1.29 is 23.1 Å². The molecule has 0 saturated heterocycles. The number of halogens is 3. The first-order valence-electron chi connectivity index (χ1n) is 4.57. The second kappa shape index (κ2) is 3.40. The number of nitrogens with one attached hydrogen (secondary N) is 1. The number of alkyl halides is 3. The Morgan fingerprint density at radius 3 is 2.69 bits per heavy atom. The van der Waals surface area contributed by atoms with Crippen molar-refractivity contribution in [2.45, 2.75) is 18.5 Å². The van der Waals surface area contributed by atoms with Crippen LogP contribution >= 0.6 is 0 Å². The van der Waals surface area contributed by atoms with Crippen LogP contribution in [0.25, 0.3) is 0 Å². The van der Waals surface area contributed by atoms with Crippen LogP contribution in [-0.4, -0.2) is 17.2 Å². The average molecular weight is 231 g/mol. The summed E-state index contributed by atoms with van der Waals surface area (Å²) in [6.07, 6.45) is -5.06. The van der Waals surface area contributed by atoms with E-state index in [0.717, 1.165) is 6.07 Å². The summed E-state index contributed by atoms with van der Waals surface area (Å²) in [5.74, 6) is -2.67. The van der Waals surface area contributed by atoms with Gasteiger partial charge in [-0.15, -0.1) is 0 Å². The molecule has 1 aromatic carbocycles. The summed E-state index contributed by atoms with van der Waals surface area (Å²) in [5.41, 5.74) is 0.0171. The summed E-state index contributed by atoms with van der Waals surface area (Å²) in [6, 6.07) is 3.47. The van der Waals surface area contributed by atoms with Crippen LogP contribution in [0, 0.1) is 0 Å². The van der Waals surface area contributed by atoms with Crippen LogP contribution in [0.15, 0.2) is 18.2 Å². The number of rotatable bonds is 0. The molecule has 0 spiro atoms. The lowest BCUT2D eigenvalue weighted by atomic mass is 9.90. The van der Waals surface area contributed by atoms with Gasteiger partial charge in [-0.3, -0.25) is 4.79 Å². The molecule has 0 saturated carbocycles. The molecule has 0 fully saturated rings. The second-order valence-corrected chi connectivity index (χ2v) is 3.62. The number of aromatic hydroxyl groups is 1. The first kappa shape index (κ1) is 10.8. The van der Waals surface area contributed by atoms with Gasteiger partial charge in [-0.2, -0.15) is 13.2 Å². The van der Waals surface area contributed by atoms with Crippen LogP contribution in [0.5, 0.6) is 5.75 Å². The van der Waals surface area contributed by atoms with Gasteiger partial charge in [-0.1, -0.05) is 6.07 Å². The van der Waals surface area contributed by atoms with E-state index < -0.39 is 24.4 Å². The molecule has 1 unspecified atom stereocenters. The molecule has 0 radical (unpaired) electrons. The van der Waals surface area contributed by atoms with E-state index in [0.29, 0.717) is 0 Å². The van der Waals surface area contributed by atoms with E-state index in [4.69, 9.17) is 5.11 Å². The number of phenols is 1. The molecule has 16 heavy (non-hydrogen) atoms. The van der Waals surface area contributed by atoms with E-state index >= 15 is 0 Å². The predicted octanol–water partition coefficient (Wildman–Crippen LogP) is 2.38. The van der Waals surface area contributed by atoms with Gasteiger partial charge in [-0.25, -0.2) is 0 Å². The summed E-state index contributed by atoms with van der Waals surface area (Å²) in [5, 5.41) is 11.4.